The molecule has 3 aliphatic carbocycles. The van der Waals surface area contributed by atoms with Crippen LogP contribution in [0.3, 0.4) is 0 Å². The number of hydrogen-bond acceptors (Lipinski definition) is 5. The second kappa shape index (κ2) is 11.6. The van der Waals surface area contributed by atoms with Crippen LogP contribution in [-0.4, -0.2) is 48.5 Å². The number of nitrogens with zero attached hydrogens (tertiary/aromatic N) is 1. The van der Waals surface area contributed by atoms with E-state index in [9.17, 15) is 9.59 Å². The molecule has 1 aliphatic heterocycles. The summed E-state index contributed by atoms with van der Waals surface area (Å²) in [6, 6.07) is 8.08. The molecule has 4 fully saturated rings. The monoisotopic (exact) mass is 563 g/mol. The summed E-state index contributed by atoms with van der Waals surface area (Å²) in [5.41, 5.74) is 2.06. The zero-order chi connectivity index (χ0) is 26.9. The van der Waals surface area contributed by atoms with Gasteiger partial charge in [-0.05, 0) is 99.2 Å². The van der Waals surface area contributed by atoms with Crippen molar-refractivity contribution in [3.8, 4) is 0 Å². The first-order chi connectivity index (χ1) is 18.3. The predicted molar refractivity (Wildman–Crippen MR) is 152 cm³/mol. The van der Waals surface area contributed by atoms with Gasteiger partial charge in [0.1, 0.15) is 11.7 Å². The van der Waals surface area contributed by atoms with Gasteiger partial charge in [0.2, 0.25) is 0 Å². The number of anilines is 1. The van der Waals surface area contributed by atoms with Gasteiger partial charge in [0.05, 0.1) is 6.42 Å². The number of ether oxygens (including phenoxy) is 2. The third-order valence-corrected chi connectivity index (χ3v) is 11.0. The van der Waals surface area contributed by atoms with Crippen molar-refractivity contribution in [2.45, 2.75) is 89.8 Å². The normalized spacial score (nSPS) is 36.3. The molecular weight excluding hydrogens is 521 g/mol. The molecule has 1 aromatic rings. The standard InChI is InChI=1S/C31H43Cl2NO4/c1-30-13-11-24(37-29(36)19-21-3-6-23(7-4-21)34(17-15-32)18-16-33)20-22(30)5-8-25-26(30)12-14-31(2)27(25)9-10-28(35)38-31/h3-4,6-7,22,24-27H,5,8-20H2,1-2H3/t22-,24+,25+,26-,27-,30-,31-/m0/s1. The Balaban J connectivity index is 1.16. The quantitative estimate of drug-likeness (QED) is 0.258. The number of alkyl halides is 2. The van der Waals surface area contributed by atoms with Crippen molar-refractivity contribution in [3.05, 3.63) is 29.8 Å². The molecule has 0 spiro atoms. The van der Waals surface area contributed by atoms with E-state index in [0.717, 1.165) is 62.9 Å². The number of hydrogen-bond donors (Lipinski definition) is 0. The largest absolute Gasteiger partial charge is 0.462 e. The van der Waals surface area contributed by atoms with Gasteiger partial charge in [0.25, 0.3) is 0 Å². The molecule has 38 heavy (non-hydrogen) atoms. The summed E-state index contributed by atoms with van der Waals surface area (Å²) in [6.07, 6.45) is 9.44. The summed E-state index contributed by atoms with van der Waals surface area (Å²) < 4.78 is 12.0. The summed E-state index contributed by atoms with van der Waals surface area (Å²) >= 11 is 11.9. The molecule has 3 saturated carbocycles. The molecule has 1 aromatic carbocycles. The maximum Gasteiger partial charge on any atom is 0.310 e. The minimum Gasteiger partial charge on any atom is -0.462 e. The molecule has 0 bridgehead atoms. The Hall–Kier alpha value is -1.46. The van der Waals surface area contributed by atoms with E-state index in [2.05, 4.69) is 18.7 Å². The van der Waals surface area contributed by atoms with Crippen molar-refractivity contribution >= 4 is 40.8 Å². The molecule has 7 atom stereocenters. The van der Waals surface area contributed by atoms with Gasteiger partial charge in [-0.3, -0.25) is 9.59 Å². The van der Waals surface area contributed by atoms with Crippen LogP contribution in [0.5, 0.6) is 0 Å². The Morgan fingerprint density at radius 3 is 2.45 bits per heavy atom. The summed E-state index contributed by atoms with van der Waals surface area (Å²) in [6.45, 7) is 6.17. The van der Waals surface area contributed by atoms with Crippen molar-refractivity contribution in [2.24, 2.45) is 29.1 Å². The highest BCUT2D eigenvalue weighted by molar-refractivity contribution is 6.18. The maximum atomic E-state index is 12.9. The van der Waals surface area contributed by atoms with Crippen LogP contribution < -0.4 is 4.90 Å². The fraction of sp³-hybridized carbons (Fsp3) is 0.742. The van der Waals surface area contributed by atoms with Gasteiger partial charge < -0.3 is 14.4 Å². The number of carbonyl (C=O) groups is 2. The van der Waals surface area contributed by atoms with Gasteiger partial charge in [-0.15, -0.1) is 23.2 Å². The molecule has 7 heteroatoms. The van der Waals surface area contributed by atoms with E-state index in [4.69, 9.17) is 32.7 Å². The first kappa shape index (κ1) is 28.1. The number of rotatable bonds is 8. The van der Waals surface area contributed by atoms with Gasteiger partial charge in [0, 0.05) is 42.9 Å². The average Bonchev–Trinajstić information content (AvgIpc) is 2.88. The van der Waals surface area contributed by atoms with Crippen molar-refractivity contribution in [2.75, 3.05) is 29.7 Å². The van der Waals surface area contributed by atoms with Crippen molar-refractivity contribution in [1.29, 1.82) is 0 Å². The molecule has 0 unspecified atom stereocenters. The van der Waals surface area contributed by atoms with Gasteiger partial charge in [-0.2, -0.15) is 0 Å². The van der Waals surface area contributed by atoms with Crippen LogP contribution >= 0.6 is 23.2 Å². The van der Waals surface area contributed by atoms with Gasteiger partial charge in [0.15, 0.2) is 0 Å². The van der Waals surface area contributed by atoms with E-state index in [1.54, 1.807) is 0 Å². The lowest BCUT2D eigenvalue weighted by Crippen LogP contribution is -2.58. The second-order valence-corrected chi connectivity index (χ2v) is 13.4. The number of halogens is 2. The van der Waals surface area contributed by atoms with Crippen LogP contribution in [0.15, 0.2) is 24.3 Å². The zero-order valence-electron chi connectivity index (χ0n) is 22.9. The molecule has 0 N–H and O–H groups in total. The summed E-state index contributed by atoms with van der Waals surface area (Å²) in [5, 5.41) is 0. The summed E-state index contributed by atoms with van der Waals surface area (Å²) in [5.74, 6) is 3.37. The highest BCUT2D eigenvalue weighted by Crippen LogP contribution is 2.63. The SMILES string of the molecule is C[C@]12CC[C@@H](OC(=O)Cc3ccc(N(CCCl)CCCl)cc3)C[C@@H]1CC[C@@H]1[C@@H]2CC[C@]2(C)OC(=O)CC[C@@H]12. The molecule has 0 radical (unpaired) electrons. The first-order valence-corrected chi connectivity index (χ1v) is 15.7. The van der Waals surface area contributed by atoms with Crippen LogP contribution in [0.2, 0.25) is 0 Å². The van der Waals surface area contributed by atoms with Crippen LogP contribution in [0, 0.1) is 29.1 Å². The Morgan fingerprint density at radius 1 is 1.00 bits per heavy atom. The Bertz CT molecular complexity index is 996. The smallest absolute Gasteiger partial charge is 0.310 e. The van der Waals surface area contributed by atoms with Gasteiger partial charge in [-0.1, -0.05) is 19.1 Å². The molecule has 1 heterocycles. The van der Waals surface area contributed by atoms with Crippen LogP contribution in [0.25, 0.3) is 0 Å². The number of carbonyl (C=O) groups excluding carboxylic acids is 2. The zero-order valence-corrected chi connectivity index (χ0v) is 24.4. The minimum absolute atomic E-state index is 0.0139. The van der Waals surface area contributed by atoms with Crippen molar-refractivity contribution in [3.63, 3.8) is 0 Å². The highest BCUT2D eigenvalue weighted by atomic mass is 35.5. The maximum absolute atomic E-state index is 12.9. The van der Waals surface area contributed by atoms with Crippen molar-refractivity contribution < 1.29 is 19.1 Å². The van der Waals surface area contributed by atoms with Gasteiger partial charge >= 0.3 is 11.9 Å². The lowest BCUT2D eigenvalue weighted by atomic mass is 9.46. The topological polar surface area (TPSA) is 55.8 Å². The second-order valence-electron chi connectivity index (χ2n) is 12.6. The predicted octanol–water partition coefficient (Wildman–Crippen LogP) is 6.76. The summed E-state index contributed by atoms with van der Waals surface area (Å²) in [7, 11) is 0. The van der Waals surface area contributed by atoms with E-state index in [0.29, 0.717) is 53.7 Å². The first-order valence-electron chi connectivity index (χ1n) is 14.6. The fourth-order valence-corrected chi connectivity index (χ4v) is 9.04. The molecule has 4 aliphatic rings. The Kier molecular flexibility index (Phi) is 8.55. The highest BCUT2D eigenvalue weighted by Gasteiger charge is 2.59. The third kappa shape index (κ3) is 5.57. The van der Waals surface area contributed by atoms with Crippen molar-refractivity contribution in [1.82, 2.24) is 0 Å². The van der Waals surface area contributed by atoms with E-state index in [1.165, 1.54) is 12.8 Å². The Labute approximate surface area is 237 Å². The van der Waals surface area contributed by atoms with Crippen LogP contribution in [-0.2, 0) is 25.5 Å². The number of benzene rings is 1. The molecule has 0 amide bonds. The van der Waals surface area contributed by atoms with E-state index in [1.807, 2.05) is 24.3 Å². The Morgan fingerprint density at radius 2 is 1.74 bits per heavy atom. The lowest BCUT2D eigenvalue weighted by molar-refractivity contribution is -0.205. The van der Waals surface area contributed by atoms with E-state index in [-0.39, 0.29) is 23.6 Å². The fourth-order valence-electron chi connectivity index (χ4n) is 8.64. The molecule has 0 aromatic heterocycles. The van der Waals surface area contributed by atoms with Gasteiger partial charge in [-0.25, -0.2) is 0 Å². The third-order valence-electron chi connectivity index (χ3n) is 10.6. The van der Waals surface area contributed by atoms with E-state index < -0.39 is 0 Å². The van der Waals surface area contributed by atoms with E-state index >= 15 is 0 Å². The van der Waals surface area contributed by atoms with Crippen LogP contribution in [0.1, 0.15) is 77.2 Å². The van der Waals surface area contributed by atoms with Crippen LogP contribution in [0.4, 0.5) is 5.69 Å². The molecule has 5 rings (SSSR count). The molecule has 1 saturated heterocycles. The minimum atomic E-state index is -0.267. The lowest BCUT2D eigenvalue weighted by Gasteiger charge is -2.61. The molecule has 210 valence electrons. The molecular formula is C31H43Cl2NO4. The summed E-state index contributed by atoms with van der Waals surface area (Å²) in [4.78, 5) is 27.1. The molecule has 5 nitrogen and oxygen atoms in total. The average molecular weight is 565 g/mol. The number of fused-ring (bicyclic) bond motifs is 5. The number of esters is 2.